The van der Waals surface area contributed by atoms with Gasteiger partial charge in [0.15, 0.2) is 5.13 Å². The zero-order chi connectivity index (χ0) is 17.6. The Morgan fingerprint density at radius 1 is 1.28 bits per heavy atom. The van der Waals surface area contributed by atoms with Crippen molar-refractivity contribution in [2.24, 2.45) is 5.10 Å². The van der Waals surface area contributed by atoms with Crippen molar-refractivity contribution in [1.29, 1.82) is 0 Å². The Morgan fingerprint density at radius 3 is 2.92 bits per heavy atom. The van der Waals surface area contributed by atoms with Crippen molar-refractivity contribution in [3.63, 3.8) is 0 Å². The Bertz CT molecular complexity index is 921. The van der Waals surface area contributed by atoms with E-state index in [-0.39, 0.29) is 18.1 Å². The van der Waals surface area contributed by atoms with E-state index in [0.29, 0.717) is 10.7 Å². The molecule has 0 unspecified atom stereocenters. The lowest BCUT2D eigenvalue weighted by Crippen LogP contribution is -2.24. The first-order chi connectivity index (χ1) is 12.1. The molecule has 0 aliphatic carbocycles. The Kier molecular flexibility index (Phi) is 4.95. The molecule has 2 N–H and O–H groups in total. The monoisotopic (exact) mass is 355 g/mol. The topological polar surface area (TPSA) is 110 Å². The van der Waals surface area contributed by atoms with Crippen molar-refractivity contribution < 1.29 is 9.72 Å². The number of amides is 1. The van der Waals surface area contributed by atoms with Gasteiger partial charge in [0.1, 0.15) is 6.54 Å². The summed E-state index contributed by atoms with van der Waals surface area (Å²) in [6, 6.07) is 13.7. The van der Waals surface area contributed by atoms with Gasteiger partial charge in [0, 0.05) is 17.7 Å². The number of rotatable bonds is 6. The fraction of sp³-hybridized carbons (Fsp3) is 0.0625. The predicted molar refractivity (Wildman–Crippen MR) is 96.9 cm³/mol. The van der Waals surface area contributed by atoms with Crippen LogP contribution in [-0.2, 0) is 4.79 Å². The summed E-state index contributed by atoms with van der Waals surface area (Å²) < 4.78 is 0.995. The normalized spacial score (nSPS) is 10.9. The van der Waals surface area contributed by atoms with Gasteiger partial charge in [-0.2, -0.15) is 5.10 Å². The number of fused-ring (bicyclic) bond motifs is 1. The number of benzene rings is 2. The Morgan fingerprint density at radius 2 is 2.12 bits per heavy atom. The fourth-order valence-electron chi connectivity index (χ4n) is 2.05. The third kappa shape index (κ3) is 4.36. The first-order valence-electron chi connectivity index (χ1n) is 7.27. The largest absolute Gasteiger partial charge is 0.301 e. The van der Waals surface area contributed by atoms with Gasteiger partial charge in [-0.05, 0) is 12.1 Å². The number of carbonyl (C=O) groups excluding carboxylic acids is 1. The molecule has 0 saturated carbocycles. The highest BCUT2D eigenvalue weighted by Crippen LogP contribution is 2.25. The molecule has 0 aliphatic heterocycles. The molecule has 1 amide bonds. The summed E-state index contributed by atoms with van der Waals surface area (Å²) in [7, 11) is 0. The molecule has 1 aromatic heterocycles. The van der Waals surface area contributed by atoms with Crippen LogP contribution in [0.25, 0.3) is 10.2 Å². The van der Waals surface area contributed by atoms with Crippen molar-refractivity contribution >= 4 is 44.5 Å². The molecular weight excluding hydrogens is 342 g/mol. The Balaban J connectivity index is 1.52. The molecule has 0 bridgehead atoms. The van der Waals surface area contributed by atoms with Gasteiger partial charge in [-0.25, -0.2) is 4.98 Å². The van der Waals surface area contributed by atoms with Crippen molar-refractivity contribution in [3.05, 3.63) is 64.2 Å². The smallest absolute Gasteiger partial charge is 0.270 e. The number of nitrogens with one attached hydrogen (secondary N) is 2. The summed E-state index contributed by atoms with van der Waals surface area (Å²) in [6.45, 7) is -0.0403. The van der Waals surface area contributed by atoms with Crippen LogP contribution < -0.4 is 10.7 Å². The molecule has 0 radical (unpaired) electrons. The molecule has 25 heavy (non-hydrogen) atoms. The minimum Gasteiger partial charge on any atom is -0.301 e. The summed E-state index contributed by atoms with van der Waals surface area (Å²) in [6.07, 6.45) is 1.41. The maximum absolute atomic E-state index is 11.9. The van der Waals surface area contributed by atoms with Gasteiger partial charge in [-0.1, -0.05) is 35.6 Å². The number of aromatic nitrogens is 1. The minimum atomic E-state index is -0.476. The van der Waals surface area contributed by atoms with Crippen LogP contribution in [0, 0.1) is 10.1 Å². The van der Waals surface area contributed by atoms with E-state index < -0.39 is 4.92 Å². The van der Waals surface area contributed by atoms with Crippen LogP contribution in [-0.4, -0.2) is 28.6 Å². The zero-order valence-electron chi connectivity index (χ0n) is 12.9. The van der Waals surface area contributed by atoms with Gasteiger partial charge in [-0.15, -0.1) is 0 Å². The number of nitrogens with zero attached hydrogens (tertiary/aromatic N) is 3. The fourth-order valence-corrected chi connectivity index (χ4v) is 2.93. The zero-order valence-corrected chi connectivity index (χ0v) is 13.7. The molecular formula is C16H13N5O3S. The summed E-state index contributed by atoms with van der Waals surface area (Å²) in [5.41, 5.74) is 3.98. The highest BCUT2D eigenvalue weighted by atomic mass is 32.1. The van der Waals surface area contributed by atoms with Crippen LogP contribution in [0.3, 0.4) is 0 Å². The number of hydrazone groups is 1. The lowest BCUT2D eigenvalue weighted by Gasteiger charge is -2.00. The molecule has 8 nitrogen and oxygen atoms in total. The van der Waals surface area contributed by atoms with Crippen LogP contribution >= 0.6 is 11.3 Å². The van der Waals surface area contributed by atoms with Crippen molar-refractivity contribution in [1.82, 2.24) is 10.4 Å². The second-order valence-corrected chi connectivity index (χ2v) is 6.01. The molecule has 0 spiro atoms. The molecule has 0 aliphatic rings. The average Bonchev–Trinajstić information content (AvgIpc) is 3.01. The van der Waals surface area contributed by atoms with Crippen LogP contribution in [0.5, 0.6) is 0 Å². The van der Waals surface area contributed by atoms with Crippen LogP contribution in [0.15, 0.2) is 53.6 Å². The minimum absolute atomic E-state index is 0.0162. The SMILES string of the molecule is O=C(CN/N=C/c1cccc([N+](=O)[O-])c1)Nc1nc2ccccc2s1. The number of para-hydroxylation sites is 1. The molecule has 0 atom stereocenters. The van der Waals surface area contributed by atoms with Gasteiger partial charge in [0.25, 0.3) is 5.69 Å². The van der Waals surface area contributed by atoms with Crippen LogP contribution in [0.1, 0.15) is 5.56 Å². The number of thiazole rings is 1. The molecule has 3 aromatic rings. The van der Waals surface area contributed by atoms with E-state index in [0.717, 1.165) is 10.2 Å². The molecule has 0 fully saturated rings. The summed E-state index contributed by atoms with van der Waals surface area (Å²) in [5, 5.41) is 17.8. The first kappa shape index (κ1) is 16.5. The predicted octanol–water partition coefficient (Wildman–Crippen LogP) is 2.77. The first-order valence-corrected chi connectivity index (χ1v) is 8.09. The number of carbonyl (C=O) groups is 1. The van der Waals surface area contributed by atoms with E-state index in [1.54, 1.807) is 12.1 Å². The van der Waals surface area contributed by atoms with Gasteiger partial charge in [-0.3, -0.25) is 14.9 Å². The van der Waals surface area contributed by atoms with Gasteiger partial charge < -0.3 is 10.7 Å². The number of anilines is 1. The highest BCUT2D eigenvalue weighted by molar-refractivity contribution is 7.22. The Labute approximate surface area is 146 Å². The van der Waals surface area contributed by atoms with Gasteiger partial charge in [0.2, 0.25) is 5.91 Å². The van der Waals surface area contributed by atoms with Crippen LogP contribution in [0.2, 0.25) is 0 Å². The third-order valence-electron chi connectivity index (χ3n) is 3.17. The lowest BCUT2D eigenvalue weighted by molar-refractivity contribution is -0.384. The number of nitro groups is 1. The van der Waals surface area contributed by atoms with Gasteiger partial charge >= 0.3 is 0 Å². The number of hydrogen-bond donors (Lipinski definition) is 2. The number of hydrogen-bond acceptors (Lipinski definition) is 7. The standard InChI is InChI=1S/C16H13N5O3S/c22-15(20-16-19-13-6-1-2-7-14(13)25-16)10-18-17-9-11-4-3-5-12(8-11)21(23)24/h1-9,18H,10H2,(H,19,20,22)/b17-9+. The quantitative estimate of drug-likeness (QED) is 0.401. The molecule has 9 heteroatoms. The Hall–Kier alpha value is -3.33. The van der Waals surface area contributed by atoms with Crippen LogP contribution in [0.4, 0.5) is 10.8 Å². The highest BCUT2D eigenvalue weighted by Gasteiger charge is 2.07. The summed E-state index contributed by atoms with van der Waals surface area (Å²) in [4.78, 5) is 26.4. The summed E-state index contributed by atoms with van der Waals surface area (Å²) >= 11 is 1.39. The molecule has 1 heterocycles. The third-order valence-corrected chi connectivity index (χ3v) is 4.12. The number of nitro benzene ring substituents is 1. The van der Waals surface area contributed by atoms with E-state index in [2.05, 4.69) is 20.8 Å². The maximum atomic E-state index is 11.9. The summed E-state index contributed by atoms with van der Waals surface area (Å²) in [5.74, 6) is -0.282. The number of non-ortho nitro benzene ring substituents is 1. The lowest BCUT2D eigenvalue weighted by atomic mass is 10.2. The van der Waals surface area contributed by atoms with Crippen molar-refractivity contribution in [2.75, 3.05) is 11.9 Å². The van der Waals surface area contributed by atoms with Crippen molar-refractivity contribution in [3.8, 4) is 0 Å². The van der Waals surface area contributed by atoms with E-state index >= 15 is 0 Å². The molecule has 126 valence electrons. The molecule has 2 aromatic carbocycles. The van der Waals surface area contributed by atoms with Crippen molar-refractivity contribution in [2.45, 2.75) is 0 Å². The molecule has 0 saturated heterocycles. The molecule has 3 rings (SSSR count). The van der Waals surface area contributed by atoms with Gasteiger partial charge in [0.05, 0.1) is 21.4 Å². The van der Waals surface area contributed by atoms with E-state index in [1.165, 1.54) is 29.7 Å². The average molecular weight is 355 g/mol. The second-order valence-electron chi connectivity index (χ2n) is 4.98. The second kappa shape index (κ2) is 7.49. The van der Waals surface area contributed by atoms with E-state index in [4.69, 9.17) is 0 Å². The van der Waals surface area contributed by atoms with E-state index in [9.17, 15) is 14.9 Å². The maximum Gasteiger partial charge on any atom is 0.270 e. The van der Waals surface area contributed by atoms with E-state index in [1.807, 2.05) is 24.3 Å².